The van der Waals surface area contributed by atoms with Crippen LogP contribution in [0.3, 0.4) is 0 Å². The molecule has 0 saturated heterocycles. The van der Waals surface area contributed by atoms with Gasteiger partial charge in [0.05, 0.1) is 40.6 Å². The highest BCUT2D eigenvalue weighted by molar-refractivity contribution is 5.99. The van der Waals surface area contributed by atoms with Gasteiger partial charge in [0.15, 0.2) is 5.78 Å². The topological polar surface area (TPSA) is 63.2 Å². The molecule has 0 N–H and O–H groups in total. The van der Waals surface area contributed by atoms with Gasteiger partial charge in [-0.15, -0.1) is 0 Å². The number of rotatable bonds is 10. The fourth-order valence-electron chi connectivity index (χ4n) is 2.83. The summed E-state index contributed by atoms with van der Waals surface area (Å²) in [7, 11) is 6.27. The Balaban J connectivity index is 2.29. The fraction of sp³-hybridized carbons (Fsp3) is 0.381. The molecule has 0 heterocycles. The average molecular weight is 374 g/mol. The van der Waals surface area contributed by atoms with Crippen molar-refractivity contribution in [2.75, 3.05) is 35.0 Å². The second-order valence-electron chi connectivity index (χ2n) is 5.73. The summed E-state index contributed by atoms with van der Waals surface area (Å²) in [5.74, 6) is 3.00. The Morgan fingerprint density at radius 2 is 1.48 bits per heavy atom. The number of ether oxygens (including phenoxy) is 5. The first-order valence-corrected chi connectivity index (χ1v) is 8.70. The van der Waals surface area contributed by atoms with Crippen molar-refractivity contribution in [1.82, 2.24) is 0 Å². The molecule has 27 heavy (non-hydrogen) atoms. The fourth-order valence-corrected chi connectivity index (χ4v) is 2.83. The van der Waals surface area contributed by atoms with Crippen molar-refractivity contribution in [2.24, 2.45) is 0 Å². The molecule has 0 spiro atoms. The quantitative estimate of drug-likeness (QED) is 0.587. The predicted octanol–water partition coefficient (Wildman–Crippen LogP) is 3.94. The molecule has 0 aromatic heterocycles. The molecule has 0 atom stereocenters. The summed E-state index contributed by atoms with van der Waals surface area (Å²) in [6.45, 7) is 2.41. The van der Waals surface area contributed by atoms with Gasteiger partial charge in [-0.3, -0.25) is 4.79 Å². The minimum Gasteiger partial charge on any atom is -0.497 e. The van der Waals surface area contributed by atoms with Crippen molar-refractivity contribution >= 4 is 5.78 Å². The molecular formula is C21H26O6. The van der Waals surface area contributed by atoms with E-state index in [9.17, 15) is 4.79 Å². The molecule has 6 nitrogen and oxygen atoms in total. The molecule has 0 radical (unpaired) electrons. The maximum Gasteiger partial charge on any atom is 0.167 e. The standard InChI is InChI=1S/C21H26O6/c1-6-27-21-13-15(24-3)12-20(26-5)16(21)8-9-18(22)17-11-14(23-2)7-10-19(17)25-4/h7,10-13H,6,8-9H2,1-5H3. The number of ketones is 1. The zero-order chi connectivity index (χ0) is 19.8. The molecule has 0 fully saturated rings. The highest BCUT2D eigenvalue weighted by atomic mass is 16.5. The lowest BCUT2D eigenvalue weighted by molar-refractivity contribution is 0.0979. The van der Waals surface area contributed by atoms with E-state index in [1.807, 2.05) is 6.92 Å². The van der Waals surface area contributed by atoms with Crippen LogP contribution in [0.5, 0.6) is 28.7 Å². The normalized spacial score (nSPS) is 10.3. The number of carbonyl (C=O) groups excluding carboxylic acids is 1. The molecule has 0 amide bonds. The van der Waals surface area contributed by atoms with Crippen molar-refractivity contribution < 1.29 is 28.5 Å². The molecule has 2 aromatic rings. The second kappa shape index (κ2) is 9.71. The minimum atomic E-state index is -0.0499. The molecule has 146 valence electrons. The molecule has 0 unspecified atom stereocenters. The van der Waals surface area contributed by atoms with Gasteiger partial charge in [0.25, 0.3) is 0 Å². The highest BCUT2D eigenvalue weighted by Gasteiger charge is 2.18. The van der Waals surface area contributed by atoms with Gasteiger partial charge in [-0.1, -0.05) is 0 Å². The Labute approximate surface area is 160 Å². The lowest BCUT2D eigenvalue weighted by Gasteiger charge is -2.16. The molecule has 6 heteroatoms. The number of methoxy groups -OCH3 is 4. The van der Waals surface area contributed by atoms with Crippen molar-refractivity contribution in [1.29, 1.82) is 0 Å². The number of benzene rings is 2. The average Bonchev–Trinajstić information content (AvgIpc) is 2.71. The van der Waals surface area contributed by atoms with E-state index in [-0.39, 0.29) is 12.2 Å². The summed E-state index contributed by atoms with van der Waals surface area (Å²) < 4.78 is 27.0. The van der Waals surface area contributed by atoms with Gasteiger partial charge < -0.3 is 23.7 Å². The van der Waals surface area contributed by atoms with Crippen LogP contribution in [0.4, 0.5) is 0 Å². The zero-order valence-electron chi connectivity index (χ0n) is 16.5. The number of carbonyl (C=O) groups is 1. The number of hydrogen-bond acceptors (Lipinski definition) is 6. The molecule has 0 saturated carbocycles. The Bertz CT molecular complexity index is 784. The van der Waals surface area contributed by atoms with Crippen LogP contribution < -0.4 is 23.7 Å². The van der Waals surface area contributed by atoms with Gasteiger partial charge in [-0.05, 0) is 31.5 Å². The third kappa shape index (κ3) is 4.84. The van der Waals surface area contributed by atoms with E-state index in [1.54, 1.807) is 51.7 Å². The zero-order valence-corrected chi connectivity index (χ0v) is 16.5. The monoisotopic (exact) mass is 374 g/mol. The van der Waals surface area contributed by atoms with Gasteiger partial charge in [-0.25, -0.2) is 0 Å². The Morgan fingerprint density at radius 3 is 2.07 bits per heavy atom. The van der Waals surface area contributed by atoms with E-state index in [0.717, 1.165) is 5.56 Å². The summed E-state index contributed by atoms with van der Waals surface area (Å²) in [4.78, 5) is 12.8. The maximum absolute atomic E-state index is 12.8. The van der Waals surface area contributed by atoms with Crippen LogP contribution in [0.25, 0.3) is 0 Å². The van der Waals surface area contributed by atoms with Crippen molar-refractivity contribution in [3.63, 3.8) is 0 Å². The van der Waals surface area contributed by atoms with E-state index in [4.69, 9.17) is 23.7 Å². The largest absolute Gasteiger partial charge is 0.497 e. The van der Waals surface area contributed by atoms with Gasteiger partial charge in [0.1, 0.15) is 28.7 Å². The molecule has 2 rings (SSSR count). The van der Waals surface area contributed by atoms with Crippen molar-refractivity contribution in [2.45, 2.75) is 19.8 Å². The second-order valence-corrected chi connectivity index (χ2v) is 5.73. The van der Waals surface area contributed by atoms with E-state index < -0.39 is 0 Å². The van der Waals surface area contributed by atoms with Crippen LogP contribution >= 0.6 is 0 Å². The van der Waals surface area contributed by atoms with Crippen LogP contribution in [0.1, 0.15) is 29.3 Å². The van der Waals surface area contributed by atoms with E-state index in [1.165, 1.54) is 7.11 Å². The number of hydrogen-bond donors (Lipinski definition) is 0. The first-order chi connectivity index (χ1) is 13.1. The Kier molecular flexibility index (Phi) is 7.34. The predicted molar refractivity (Wildman–Crippen MR) is 103 cm³/mol. The lowest BCUT2D eigenvalue weighted by Crippen LogP contribution is -2.07. The first kappa shape index (κ1) is 20.4. The third-order valence-corrected chi connectivity index (χ3v) is 4.21. The van der Waals surface area contributed by atoms with Crippen molar-refractivity contribution in [3.8, 4) is 28.7 Å². The Morgan fingerprint density at radius 1 is 0.815 bits per heavy atom. The first-order valence-electron chi connectivity index (χ1n) is 8.70. The molecule has 0 aliphatic rings. The van der Waals surface area contributed by atoms with Crippen molar-refractivity contribution in [3.05, 3.63) is 41.5 Å². The van der Waals surface area contributed by atoms with Crippen LogP contribution in [0.15, 0.2) is 30.3 Å². The van der Waals surface area contributed by atoms with E-state index >= 15 is 0 Å². The summed E-state index contributed by atoms with van der Waals surface area (Å²) in [5.41, 5.74) is 1.32. The lowest BCUT2D eigenvalue weighted by atomic mass is 10.00. The summed E-state index contributed by atoms with van der Waals surface area (Å²) in [6, 6.07) is 8.77. The van der Waals surface area contributed by atoms with Gasteiger partial charge in [0.2, 0.25) is 0 Å². The third-order valence-electron chi connectivity index (χ3n) is 4.21. The van der Waals surface area contributed by atoms with Crippen LogP contribution in [-0.2, 0) is 6.42 Å². The molecule has 2 aromatic carbocycles. The van der Waals surface area contributed by atoms with Crippen LogP contribution in [-0.4, -0.2) is 40.8 Å². The van der Waals surface area contributed by atoms with E-state index in [2.05, 4.69) is 0 Å². The summed E-state index contributed by atoms with van der Waals surface area (Å²) in [5, 5.41) is 0. The Hall–Kier alpha value is -2.89. The van der Waals surface area contributed by atoms with Gasteiger partial charge in [-0.2, -0.15) is 0 Å². The SMILES string of the molecule is CCOc1cc(OC)cc(OC)c1CCC(=O)c1cc(OC)ccc1OC. The van der Waals surface area contributed by atoms with Crippen LogP contribution in [0.2, 0.25) is 0 Å². The molecule has 0 bridgehead atoms. The number of Topliss-reactive ketones (excluding diaryl/α,β-unsaturated/α-hetero) is 1. The van der Waals surface area contributed by atoms with Crippen LogP contribution in [0, 0.1) is 0 Å². The highest BCUT2D eigenvalue weighted by Crippen LogP contribution is 2.36. The maximum atomic E-state index is 12.8. The minimum absolute atomic E-state index is 0.0499. The van der Waals surface area contributed by atoms with Gasteiger partial charge >= 0.3 is 0 Å². The van der Waals surface area contributed by atoms with Gasteiger partial charge in [0, 0.05) is 24.1 Å². The summed E-state index contributed by atoms with van der Waals surface area (Å²) >= 11 is 0. The van der Waals surface area contributed by atoms with E-state index in [0.29, 0.717) is 47.3 Å². The smallest absolute Gasteiger partial charge is 0.167 e. The summed E-state index contributed by atoms with van der Waals surface area (Å²) in [6.07, 6.45) is 0.730. The molecule has 0 aliphatic carbocycles. The molecule has 0 aliphatic heterocycles. The molecular weight excluding hydrogens is 348 g/mol.